The Morgan fingerprint density at radius 3 is 2.59 bits per heavy atom. The van der Waals surface area contributed by atoms with E-state index in [-0.39, 0.29) is 11.2 Å². The predicted molar refractivity (Wildman–Crippen MR) is 111 cm³/mol. The van der Waals surface area contributed by atoms with Crippen LogP contribution in [-0.2, 0) is 6.61 Å². The van der Waals surface area contributed by atoms with Crippen LogP contribution in [0.15, 0.2) is 63.1 Å². The number of fused-ring (bicyclic) bond motifs is 1. The SMILES string of the molecule is Cc1cc2oc(-c3ccccc3Cl)c(OCc3cccs3)c(=O)c2cc1C. The van der Waals surface area contributed by atoms with Crippen LogP contribution in [0.1, 0.15) is 16.0 Å². The summed E-state index contributed by atoms with van der Waals surface area (Å²) in [7, 11) is 0. The molecule has 3 nitrogen and oxygen atoms in total. The summed E-state index contributed by atoms with van der Waals surface area (Å²) >= 11 is 7.95. The van der Waals surface area contributed by atoms with Gasteiger partial charge in [0.2, 0.25) is 11.2 Å². The van der Waals surface area contributed by atoms with Crippen molar-refractivity contribution < 1.29 is 9.15 Å². The average molecular weight is 397 g/mol. The maximum absolute atomic E-state index is 13.2. The van der Waals surface area contributed by atoms with Crippen molar-refractivity contribution in [3.05, 3.63) is 85.2 Å². The van der Waals surface area contributed by atoms with E-state index in [0.29, 0.717) is 33.9 Å². The van der Waals surface area contributed by atoms with Crippen molar-refractivity contribution in [2.24, 2.45) is 0 Å². The minimum atomic E-state index is -0.189. The molecule has 0 aliphatic rings. The topological polar surface area (TPSA) is 39.4 Å². The summed E-state index contributed by atoms with van der Waals surface area (Å²) in [5.74, 6) is 0.546. The zero-order chi connectivity index (χ0) is 19.0. The summed E-state index contributed by atoms with van der Waals surface area (Å²) in [6.07, 6.45) is 0. The normalized spacial score (nSPS) is 11.1. The molecule has 2 heterocycles. The van der Waals surface area contributed by atoms with Crippen LogP contribution in [0.4, 0.5) is 0 Å². The minimum absolute atomic E-state index is 0.187. The first-order chi connectivity index (χ1) is 13.0. The quantitative estimate of drug-likeness (QED) is 0.402. The van der Waals surface area contributed by atoms with E-state index >= 15 is 0 Å². The first-order valence-corrected chi connectivity index (χ1v) is 9.78. The number of aryl methyl sites for hydroxylation is 2. The molecule has 0 saturated carbocycles. The van der Waals surface area contributed by atoms with Crippen molar-refractivity contribution in [3.63, 3.8) is 0 Å². The third-order valence-electron chi connectivity index (χ3n) is 4.52. The number of halogens is 1. The molecule has 2 aromatic carbocycles. The van der Waals surface area contributed by atoms with Gasteiger partial charge in [0.1, 0.15) is 12.2 Å². The second-order valence-corrected chi connectivity index (χ2v) is 7.81. The lowest BCUT2D eigenvalue weighted by atomic mass is 10.0. The Hall–Kier alpha value is -2.56. The Labute approximate surface area is 165 Å². The van der Waals surface area contributed by atoms with Gasteiger partial charge in [0.25, 0.3) is 0 Å². The molecule has 0 aliphatic carbocycles. The molecule has 0 saturated heterocycles. The zero-order valence-corrected chi connectivity index (χ0v) is 16.5. The van der Waals surface area contributed by atoms with E-state index in [2.05, 4.69) is 0 Å². The van der Waals surface area contributed by atoms with Gasteiger partial charge in [-0.3, -0.25) is 4.79 Å². The number of thiophene rings is 1. The molecular formula is C22H17ClO3S. The lowest BCUT2D eigenvalue weighted by Gasteiger charge is -2.13. The summed E-state index contributed by atoms with van der Waals surface area (Å²) in [4.78, 5) is 14.3. The summed E-state index contributed by atoms with van der Waals surface area (Å²) in [6.45, 7) is 4.27. The van der Waals surface area contributed by atoms with Crippen molar-refractivity contribution in [2.75, 3.05) is 0 Å². The fraction of sp³-hybridized carbons (Fsp3) is 0.136. The van der Waals surface area contributed by atoms with E-state index in [0.717, 1.165) is 16.0 Å². The number of rotatable bonds is 4. The summed E-state index contributed by atoms with van der Waals surface area (Å²) in [5, 5.41) is 2.99. The van der Waals surface area contributed by atoms with Gasteiger partial charge >= 0.3 is 0 Å². The van der Waals surface area contributed by atoms with Crippen LogP contribution in [0.5, 0.6) is 5.75 Å². The maximum Gasteiger partial charge on any atom is 0.235 e. The third kappa shape index (κ3) is 3.38. The molecule has 136 valence electrons. The largest absolute Gasteiger partial charge is 0.481 e. The molecule has 0 atom stereocenters. The predicted octanol–water partition coefficient (Wildman–Crippen LogP) is 6.37. The second kappa shape index (κ2) is 7.22. The van der Waals surface area contributed by atoms with E-state index < -0.39 is 0 Å². The Bertz CT molecular complexity index is 1180. The van der Waals surface area contributed by atoms with Crippen LogP contribution in [0, 0.1) is 13.8 Å². The molecule has 0 aliphatic heterocycles. The van der Waals surface area contributed by atoms with Gasteiger partial charge in [0.15, 0.2) is 5.76 Å². The Morgan fingerprint density at radius 2 is 1.85 bits per heavy atom. The highest BCUT2D eigenvalue weighted by molar-refractivity contribution is 7.09. The van der Waals surface area contributed by atoms with E-state index in [1.54, 1.807) is 17.4 Å². The van der Waals surface area contributed by atoms with Crippen LogP contribution in [0.25, 0.3) is 22.3 Å². The summed E-state index contributed by atoms with van der Waals surface area (Å²) < 4.78 is 12.1. The fourth-order valence-electron chi connectivity index (χ4n) is 2.93. The van der Waals surface area contributed by atoms with Gasteiger partial charge in [-0.15, -0.1) is 11.3 Å². The molecule has 0 fully saturated rings. The Kier molecular flexibility index (Phi) is 4.77. The highest BCUT2D eigenvalue weighted by atomic mass is 35.5. The standard InChI is InChI=1S/C22H17ClO3S/c1-13-10-17-19(11-14(13)2)26-21(16-7-3-4-8-18(16)23)22(20(17)24)25-12-15-6-5-9-27-15/h3-11H,12H2,1-2H3. The summed E-state index contributed by atoms with van der Waals surface area (Å²) in [6, 6.07) is 14.9. The van der Waals surface area contributed by atoms with Crippen LogP contribution in [-0.4, -0.2) is 0 Å². The molecule has 5 heteroatoms. The Balaban J connectivity index is 1.95. The van der Waals surface area contributed by atoms with Gasteiger partial charge < -0.3 is 9.15 Å². The summed E-state index contributed by atoms with van der Waals surface area (Å²) in [5.41, 5.74) is 3.07. The smallest absolute Gasteiger partial charge is 0.235 e. The van der Waals surface area contributed by atoms with Crippen LogP contribution >= 0.6 is 22.9 Å². The molecule has 0 unspecified atom stereocenters. The van der Waals surface area contributed by atoms with E-state index in [1.807, 2.05) is 61.7 Å². The number of hydrogen-bond acceptors (Lipinski definition) is 4. The van der Waals surface area contributed by atoms with E-state index in [1.165, 1.54) is 0 Å². The average Bonchev–Trinajstić information content (AvgIpc) is 3.17. The third-order valence-corrected chi connectivity index (χ3v) is 5.70. The first kappa shape index (κ1) is 17.8. The van der Waals surface area contributed by atoms with Crippen LogP contribution < -0.4 is 10.2 Å². The lowest BCUT2D eigenvalue weighted by Crippen LogP contribution is -2.10. The molecule has 0 amide bonds. The molecule has 0 N–H and O–H groups in total. The van der Waals surface area contributed by atoms with Gasteiger partial charge in [-0.05, 0) is 60.7 Å². The molecule has 0 bridgehead atoms. The van der Waals surface area contributed by atoms with Crippen molar-refractivity contribution >= 4 is 33.9 Å². The van der Waals surface area contributed by atoms with Crippen molar-refractivity contribution in [2.45, 2.75) is 20.5 Å². The van der Waals surface area contributed by atoms with Crippen LogP contribution in [0.3, 0.4) is 0 Å². The van der Waals surface area contributed by atoms with Gasteiger partial charge in [-0.2, -0.15) is 0 Å². The molecule has 27 heavy (non-hydrogen) atoms. The first-order valence-electron chi connectivity index (χ1n) is 8.52. The monoisotopic (exact) mass is 396 g/mol. The molecule has 4 aromatic rings. The van der Waals surface area contributed by atoms with E-state index in [4.69, 9.17) is 20.8 Å². The molecule has 0 radical (unpaired) electrons. The number of ether oxygens (including phenoxy) is 1. The van der Waals surface area contributed by atoms with Gasteiger partial charge in [0, 0.05) is 10.4 Å². The molecular weight excluding hydrogens is 380 g/mol. The Morgan fingerprint density at radius 1 is 1.07 bits per heavy atom. The van der Waals surface area contributed by atoms with Crippen molar-refractivity contribution in [3.8, 4) is 17.1 Å². The van der Waals surface area contributed by atoms with Gasteiger partial charge in [-0.25, -0.2) is 0 Å². The highest BCUT2D eigenvalue weighted by Crippen LogP contribution is 2.36. The fourth-order valence-corrected chi connectivity index (χ4v) is 3.76. The lowest BCUT2D eigenvalue weighted by molar-refractivity contribution is 0.301. The maximum atomic E-state index is 13.2. The number of hydrogen-bond donors (Lipinski definition) is 0. The zero-order valence-electron chi connectivity index (χ0n) is 14.9. The second-order valence-electron chi connectivity index (χ2n) is 6.37. The molecule has 0 spiro atoms. The van der Waals surface area contributed by atoms with Gasteiger partial charge in [0.05, 0.1) is 10.4 Å². The molecule has 2 aromatic heterocycles. The van der Waals surface area contributed by atoms with Crippen molar-refractivity contribution in [1.29, 1.82) is 0 Å². The number of benzene rings is 2. The van der Waals surface area contributed by atoms with E-state index in [9.17, 15) is 4.79 Å². The highest BCUT2D eigenvalue weighted by Gasteiger charge is 2.20. The van der Waals surface area contributed by atoms with Gasteiger partial charge in [-0.1, -0.05) is 29.8 Å². The van der Waals surface area contributed by atoms with Crippen molar-refractivity contribution in [1.82, 2.24) is 0 Å². The minimum Gasteiger partial charge on any atom is -0.481 e. The van der Waals surface area contributed by atoms with Crippen LogP contribution in [0.2, 0.25) is 5.02 Å². The molecule has 4 rings (SSSR count).